The van der Waals surface area contributed by atoms with Crippen LogP contribution in [0.1, 0.15) is 27.2 Å². The van der Waals surface area contributed by atoms with E-state index in [1.54, 1.807) is 19.2 Å². The van der Waals surface area contributed by atoms with E-state index in [4.69, 9.17) is 0 Å². The lowest BCUT2D eigenvalue weighted by molar-refractivity contribution is -0.120. The standard InChI is InChI=1S/C9H14N2O.C2H6/c1-4-6-10-8(3)7-11-9(12)5-2;1-2/h4,6H,1,3,5,7H2,2H3,(H,11,12);1-2H3. The summed E-state index contributed by atoms with van der Waals surface area (Å²) in [5.41, 5.74) is 0.622. The highest BCUT2D eigenvalue weighted by Gasteiger charge is 1.95. The SMILES string of the molecule is C=CC=NC(=C)CNC(=O)CC.CC. The highest BCUT2D eigenvalue weighted by atomic mass is 16.1. The van der Waals surface area contributed by atoms with Crippen molar-refractivity contribution in [1.82, 2.24) is 5.32 Å². The Kier molecular flexibility index (Phi) is 12.5. The van der Waals surface area contributed by atoms with E-state index in [1.165, 1.54) is 0 Å². The third-order valence-electron chi connectivity index (χ3n) is 1.17. The summed E-state index contributed by atoms with van der Waals surface area (Å²) < 4.78 is 0. The van der Waals surface area contributed by atoms with Crippen LogP contribution in [0.2, 0.25) is 0 Å². The second kappa shape index (κ2) is 11.6. The smallest absolute Gasteiger partial charge is 0.220 e. The molecule has 0 radical (unpaired) electrons. The number of allylic oxidation sites excluding steroid dienone is 1. The van der Waals surface area contributed by atoms with Crippen LogP contribution < -0.4 is 5.32 Å². The minimum Gasteiger partial charge on any atom is -0.350 e. The summed E-state index contributed by atoms with van der Waals surface area (Å²) in [7, 11) is 0. The van der Waals surface area contributed by atoms with Gasteiger partial charge in [-0.15, -0.1) is 0 Å². The number of aliphatic imine (C=N–C) groups is 1. The van der Waals surface area contributed by atoms with Crippen molar-refractivity contribution in [2.75, 3.05) is 6.54 Å². The molecule has 0 aliphatic heterocycles. The van der Waals surface area contributed by atoms with E-state index in [0.717, 1.165) is 0 Å². The molecule has 0 aromatic rings. The van der Waals surface area contributed by atoms with E-state index in [-0.39, 0.29) is 5.91 Å². The molecule has 0 bridgehead atoms. The summed E-state index contributed by atoms with van der Waals surface area (Å²) in [5, 5.41) is 2.65. The molecule has 1 N–H and O–H groups in total. The number of carbonyl (C=O) groups is 1. The van der Waals surface area contributed by atoms with Gasteiger partial charge >= 0.3 is 0 Å². The highest BCUT2D eigenvalue weighted by Crippen LogP contribution is 1.88. The molecule has 80 valence electrons. The molecule has 0 saturated heterocycles. The second-order valence-electron chi connectivity index (χ2n) is 2.21. The third-order valence-corrected chi connectivity index (χ3v) is 1.17. The maximum atomic E-state index is 10.8. The largest absolute Gasteiger partial charge is 0.350 e. The van der Waals surface area contributed by atoms with Crippen LogP contribution in [0.5, 0.6) is 0 Å². The minimum atomic E-state index is 0.00459. The predicted octanol–water partition coefficient (Wildman–Crippen LogP) is 2.31. The monoisotopic (exact) mass is 196 g/mol. The van der Waals surface area contributed by atoms with Crippen molar-refractivity contribution < 1.29 is 4.79 Å². The van der Waals surface area contributed by atoms with Crippen LogP contribution in [-0.2, 0) is 4.79 Å². The molecule has 14 heavy (non-hydrogen) atoms. The molecule has 0 aliphatic carbocycles. The molecule has 3 nitrogen and oxygen atoms in total. The van der Waals surface area contributed by atoms with Gasteiger partial charge in [-0.25, -0.2) is 0 Å². The molecule has 0 aromatic heterocycles. The van der Waals surface area contributed by atoms with E-state index in [1.807, 2.05) is 13.8 Å². The van der Waals surface area contributed by atoms with E-state index in [2.05, 4.69) is 23.5 Å². The molecule has 0 rings (SSSR count). The van der Waals surface area contributed by atoms with Crippen molar-refractivity contribution in [3.63, 3.8) is 0 Å². The molecule has 0 unspecified atom stereocenters. The van der Waals surface area contributed by atoms with Gasteiger partial charge in [0.05, 0.1) is 12.2 Å². The summed E-state index contributed by atoms with van der Waals surface area (Å²) in [5.74, 6) is 0.00459. The summed E-state index contributed by atoms with van der Waals surface area (Å²) in [6.07, 6.45) is 3.59. The van der Waals surface area contributed by atoms with E-state index < -0.39 is 0 Å². The maximum absolute atomic E-state index is 10.8. The Morgan fingerprint density at radius 3 is 2.50 bits per heavy atom. The molecular formula is C11H20N2O. The first-order valence-corrected chi connectivity index (χ1v) is 4.80. The number of amides is 1. The van der Waals surface area contributed by atoms with Gasteiger partial charge in [-0.05, 0) is 0 Å². The van der Waals surface area contributed by atoms with Crippen LogP contribution in [0.3, 0.4) is 0 Å². The van der Waals surface area contributed by atoms with Gasteiger partial charge in [-0.1, -0.05) is 40.0 Å². The minimum absolute atomic E-state index is 0.00459. The Morgan fingerprint density at radius 1 is 1.50 bits per heavy atom. The van der Waals surface area contributed by atoms with E-state index in [0.29, 0.717) is 18.7 Å². The Morgan fingerprint density at radius 2 is 2.07 bits per heavy atom. The Hall–Kier alpha value is -1.38. The van der Waals surface area contributed by atoms with Gasteiger partial charge < -0.3 is 5.32 Å². The maximum Gasteiger partial charge on any atom is 0.220 e. The Balaban J connectivity index is 0. The molecule has 1 amide bonds. The fourth-order valence-electron chi connectivity index (χ4n) is 0.529. The molecule has 0 aromatic carbocycles. The van der Waals surface area contributed by atoms with Crippen LogP contribution in [0.4, 0.5) is 0 Å². The molecule has 3 heteroatoms. The van der Waals surface area contributed by atoms with Crippen LogP contribution in [0.25, 0.3) is 0 Å². The zero-order valence-electron chi connectivity index (χ0n) is 9.34. The number of nitrogens with one attached hydrogen (secondary N) is 1. The van der Waals surface area contributed by atoms with Gasteiger partial charge in [0.25, 0.3) is 0 Å². The van der Waals surface area contributed by atoms with Gasteiger partial charge in [0.2, 0.25) is 5.91 Å². The van der Waals surface area contributed by atoms with Gasteiger partial charge in [0, 0.05) is 12.6 Å². The number of hydrogen-bond donors (Lipinski definition) is 1. The lowest BCUT2D eigenvalue weighted by Gasteiger charge is -2.01. The van der Waals surface area contributed by atoms with Crippen molar-refractivity contribution in [2.24, 2.45) is 4.99 Å². The first-order valence-electron chi connectivity index (χ1n) is 4.80. The number of carbonyl (C=O) groups excluding carboxylic acids is 1. The zero-order valence-corrected chi connectivity index (χ0v) is 9.34. The Bertz CT molecular complexity index is 207. The van der Waals surface area contributed by atoms with Gasteiger partial charge in [0.1, 0.15) is 0 Å². The quantitative estimate of drug-likeness (QED) is 0.673. The van der Waals surface area contributed by atoms with Crippen molar-refractivity contribution in [2.45, 2.75) is 27.2 Å². The summed E-state index contributed by atoms with van der Waals surface area (Å²) in [6, 6.07) is 0. The average molecular weight is 196 g/mol. The summed E-state index contributed by atoms with van der Waals surface area (Å²) in [4.78, 5) is 14.7. The van der Waals surface area contributed by atoms with Crippen molar-refractivity contribution in [3.8, 4) is 0 Å². The molecule has 0 atom stereocenters. The summed E-state index contributed by atoms with van der Waals surface area (Å²) in [6.45, 7) is 13.3. The van der Waals surface area contributed by atoms with Crippen molar-refractivity contribution in [3.05, 3.63) is 24.9 Å². The molecule has 0 heterocycles. The normalized spacial score (nSPS) is 8.79. The fraction of sp³-hybridized carbons (Fsp3) is 0.455. The van der Waals surface area contributed by atoms with Crippen LogP contribution in [-0.4, -0.2) is 18.7 Å². The highest BCUT2D eigenvalue weighted by molar-refractivity contribution is 5.76. The lowest BCUT2D eigenvalue weighted by atomic mass is 10.4. The van der Waals surface area contributed by atoms with Crippen molar-refractivity contribution >= 4 is 12.1 Å². The molecule has 0 saturated carbocycles. The second-order valence-corrected chi connectivity index (χ2v) is 2.21. The number of nitrogens with zero attached hydrogens (tertiary/aromatic N) is 1. The molecule has 0 spiro atoms. The first kappa shape index (κ1) is 15.1. The van der Waals surface area contributed by atoms with Crippen molar-refractivity contribution in [1.29, 1.82) is 0 Å². The average Bonchev–Trinajstić information content (AvgIpc) is 2.25. The van der Waals surface area contributed by atoms with Crippen LogP contribution >= 0.6 is 0 Å². The van der Waals surface area contributed by atoms with E-state index >= 15 is 0 Å². The van der Waals surface area contributed by atoms with Crippen LogP contribution in [0, 0.1) is 0 Å². The zero-order chi connectivity index (χ0) is 11.4. The van der Waals surface area contributed by atoms with Gasteiger partial charge in [-0.3, -0.25) is 9.79 Å². The predicted molar refractivity (Wildman–Crippen MR) is 62.5 cm³/mol. The third kappa shape index (κ3) is 10.6. The number of rotatable bonds is 5. The van der Waals surface area contributed by atoms with Gasteiger partial charge in [-0.2, -0.15) is 0 Å². The van der Waals surface area contributed by atoms with Gasteiger partial charge in [0.15, 0.2) is 0 Å². The molecule has 0 fully saturated rings. The fourth-order valence-corrected chi connectivity index (χ4v) is 0.529. The van der Waals surface area contributed by atoms with E-state index in [9.17, 15) is 4.79 Å². The van der Waals surface area contributed by atoms with Crippen LogP contribution in [0.15, 0.2) is 29.9 Å². The molecular weight excluding hydrogens is 176 g/mol. The topological polar surface area (TPSA) is 41.5 Å². The summed E-state index contributed by atoms with van der Waals surface area (Å²) >= 11 is 0. The molecule has 0 aliphatic rings. The first-order chi connectivity index (χ1) is 6.70. The Labute approximate surface area is 86.6 Å². The number of hydrogen-bond acceptors (Lipinski definition) is 2. The lowest BCUT2D eigenvalue weighted by Crippen LogP contribution is -2.23.